The highest BCUT2D eigenvalue weighted by atomic mass is 16.5. The molecule has 0 saturated heterocycles. The first-order valence-corrected chi connectivity index (χ1v) is 11.0. The summed E-state index contributed by atoms with van der Waals surface area (Å²) >= 11 is 0. The Labute approximate surface area is 192 Å². The third-order valence-corrected chi connectivity index (χ3v) is 6.10. The van der Waals surface area contributed by atoms with Gasteiger partial charge in [0.15, 0.2) is 5.78 Å². The Hall–Kier alpha value is -3.74. The Morgan fingerprint density at radius 2 is 2.00 bits per heavy atom. The maximum Gasteiger partial charge on any atom is 0.326 e. The molecule has 0 unspecified atom stereocenters. The van der Waals surface area contributed by atoms with Gasteiger partial charge < -0.3 is 15.2 Å². The fourth-order valence-corrected chi connectivity index (χ4v) is 4.16. The molecule has 0 bridgehead atoms. The topological polar surface area (TPSA) is 101 Å². The van der Waals surface area contributed by atoms with E-state index in [9.17, 15) is 14.7 Å². The van der Waals surface area contributed by atoms with Crippen molar-refractivity contribution in [1.29, 1.82) is 0 Å². The fourth-order valence-electron chi connectivity index (χ4n) is 4.16. The summed E-state index contributed by atoms with van der Waals surface area (Å²) in [5.41, 5.74) is 1.77. The van der Waals surface area contributed by atoms with Crippen molar-refractivity contribution < 1.29 is 19.4 Å². The molecule has 3 aromatic rings. The van der Waals surface area contributed by atoms with Crippen LogP contribution in [0.15, 0.2) is 60.6 Å². The minimum Gasteiger partial charge on any atom is -0.480 e. The summed E-state index contributed by atoms with van der Waals surface area (Å²) in [6.45, 7) is 5.79. The van der Waals surface area contributed by atoms with E-state index in [1.54, 1.807) is 24.5 Å². The minimum atomic E-state index is -0.961. The highest BCUT2D eigenvalue weighted by molar-refractivity contribution is 6.04. The standard InChI is InChI=1S/C26H27N3O4/c1-4-10-26(3)22(14-23(26)30)29-21(25(31)32)13-17-5-7-19(8-6-17)33-24-20-15-27-11-9-18(20)12-16(2)28-24/h5-9,11-12,14-15,21,29H,4,10,13H2,1-3H3,(H,31,32)/t21-,26-/m0/s1. The van der Waals surface area contributed by atoms with Crippen LogP contribution >= 0.6 is 0 Å². The molecule has 2 aromatic heterocycles. The van der Waals surface area contributed by atoms with Crippen LogP contribution in [0.1, 0.15) is 37.9 Å². The number of aromatic nitrogens is 2. The van der Waals surface area contributed by atoms with Crippen LogP contribution in [0.3, 0.4) is 0 Å². The van der Waals surface area contributed by atoms with Crippen molar-refractivity contribution in [2.45, 2.75) is 46.1 Å². The number of fused-ring (bicyclic) bond motifs is 1. The number of carboxylic acids is 1. The number of carbonyl (C=O) groups excluding carboxylic acids is 1. The fraction of sp³-hybridized carbons (Fsp3) is 0.308. The van der Waals surface area contributed by atoms with Crippen LogP contribution in [0.5, 0.6) is 11.6 Å². The molecule has 170 valence electrons. The molecule has 0 radical (unpaired) electrons. The predicted octanol–water partition coefficient (Wildman–Crippen LogP) is 4.59. The molecule has 2 heterocycles. The van der Waals surface area contributed by atoms with Gasteiger partial charge in [-0.3, -0.25) is 9.78 Å². The molecular formula is C26H27N3O4. The average Bonchev–Trinajstić information content (AvgIpc) is 2.79. The molecule has 0 amide bonds. The number of nitrogens with one attached hydrogen (secondary N) is 1. The molecule has 0 fully saturated rings. The molecule has 2 atom stereocenters. The largest absolute Gasteiger partial charge is 0.480 e. The number of ether oxygens (including phenoxy) is 1. The summed E-state index contributed by atoms with van der Waals surface area (Å²) in [7, 11) is 0. The lowest BCUT2D eigenvalue weighted by Crippen LogP contribution is -2.49. The number of carbonyl (C=O) groups is 2. The summed E-state index contributed by atoms with van der Waals surface area (Å²) in [6, 6.07) is 10.3. The van der Waals surface area contributed by atoms with Gasteiger partial charge in [-0.05, 0) is 55.5 Å². The summed E-state index contributed by atoms with van der Waals surface area (Å²) in [5, 5.41) is 14.6. The number of allylic oxidation sites excluding steroid dienone is 2. The van der Waals surface area contributed by atoms with Crippen LogP contribution in [0, 0.1) is 12.3 Å². The Morgan fingerprint density at radius 1 is 1.24 bits per heavy atom. The van der Waals surface area contributed by atoms with E-state index in [-0.39, 0.29) is 12.2 Å². The maximum absolute atomic E-state index is 12.1. The van der Waals surface area contributed by atoms with Gasteiger partial charge in [0.1, 0.15) is 11.8 Å². The van der Waals surface area contributed by atoms with Crippen LogP contribution in [0.25, 0.3) is 10.8 Å². The van der Waals surface area contributed by atoms with Gasteiger partial charge >= 0.3 is 5.97 Å². The SMILES string of the molecule is CCC[C@]1(C)C(=O)C=C1N[C@@H](Cc1ccc(Oc2nc(C)cc3ccncc23)cc1)C(=O)O. The van der Waals surface area contributed by atoms with E-state index in [0.29, 0.717) is 23.7 Å². The molecule has 0 saturated carbocycles. The van der Waals surface area contributed by atoms with Crippen LogP contribution in [-0.2, 0) is 16.0 Å². The molecular weight excluding hydrogens is 418 g/mol. The van der Waals surface area contributed by atoms with Crippen molar-refractivity contribution in [2.75, 3.05) is 0 Å². The zero-order chi connectivity index (χ0) is 23.6. The average molecular weight is 446 g/mol. The minimum absolute atomic E-state index is 0.0463. The number of ketones is 1. The van der Waals surface area contributed by atoms with E-state index >= 15 is 0 Å². The Balaban J connectivity index is 1.47. The molecule has 1 aromatic carbocycles. The van der Waals surface area contributed by atoms with Crippen molar-refractivity contribution in [3.63, 3.8) is 0 Å². The lowest BCUT2D eigenvalue weighted by Gasteiger charge is -2.38. The van der Waals surface area contributed by atoms with E-state index in [1.165, 1.54) is 6.08 Å². The van der Waals surface area contributed by atoms with Crippen molar-refractivity contribution in [1.82, 2.24) is 15.3 Å². The Kier molecular flexibility index (Phi) is 6.14. The number of aryl methyl sites for hydroxylation is 1. The molecule has 1 aliphatic carbocycles. The number of hydrogen-bond acceptors (Lipinski definition) is 6. The zero-order valence-electron chi connectivity index (χ0n) is 19.0. The van der Waals surface area contributed by atoms with Crippen molar-refractivity contribution in [3.8, 4) is 11.6 Å². The smallest absolute Gasteiger partial charge is 0.326 e. The molecule has 2 N–H and O–H groups in total. The second-order valence-electron chi connectivity index (χ2n) is 8.66. The second-order valence-corrected chi connectivity index (χ2v) is 8.66. The number of hydrogen-bond donors (Lipinski definition) is 2. The van der Waals surface area contributed by atoms with E-state index in [1.807, 2.05) is 45.0 Å². The molecule has 4 rings (SSSR count). The van der Waals surface area contributed by atoms with Gasteiger partial charge in [0.25, 0.3) is 0 Å². The first-order chi connectivity index (χ1) is 15.8. The van der Waals surface area contributed by atoms with Crippen LogP contribution in [0.2, 0.25) is 0 Å². The highest BCUT2D eigenvalue weighted by Crippen LogP contribution is 2.40. The summed E-state index contributed by atoms with van der Waals surface area (Å²) < 4.78 is 6.01. The van der Waals surface area contributed by atoms with E-state index in [0.717, 1.165) is 28.5 Å². The number of benzene rings is 1. The number of carboxylic acid groups (broad SMARTS) is 1. The van der Waals surface area contributed by atoms with Gasteiger partial charge in [-0.1, -0.05) is 25.5 Å². The van der Waals surface area contributed by atoms with Gasteiger partial charge in [0.05, 0.1) is 10.8 Å². The van der Waals surface area contributed by atoms with Gasteiger partial charge in [-0.25, -0.2) is 9.78 Å². The molecule has 7 heteroatoms. The summed E-state index contributed by atoms with van der Waals surface area (Å²) in [4.78, 5) is 32.6. The third kappa shape index (κ3) is 4.58. The number of aliphatic carboxylic acids is 1. The Bertz CT molecular complexity index is 1240. The summed E-state index contributed by atoms with van der Waals surface area (Å²) in [5.74, 6) is 0.166. The maximum atomic E-state index is 12.1. The second kappa shape index (κ2) is 9.02. The molecule has 33 heavy (non-hydrogen) atoms. The Morgan fingerprint density at radius 3 is 2.67 bits per heavy atom. The number of nitrogens with zero attached hydrogens (tertiary/aromatic N) is 2. The van der Waals surface area contributed by atoms with E-state index in [4.69, 9.17) is 4.74 Å². The van der Waals surface area contributed by atoms with Crippen LogP contribution < -0.4 is 10.1 Å². The van der Waals surface area contributed by atoms with E-state index < -0.39 is 17.4 Å². The first kappa shape index (κ1) is 22.5. The summed E-state index contributed by atoms with van der Waals surface area (Å²) in [6.07, 6.45) is 6.78. The molecule has 0 spiro atoms. The van der Waals surface area contributed by atoms with Crippen LogP contribution in [0.4, 0.5) is 0 Å². The van der Waals surface area contributed by atoms with Crippen LogP contribution in [-0.4, -0.2) is 32.9 Å². The van der Waals surface area contributed by atoms with Gasteiger partial charge in [-0.2, -0.15) is 0 Å². The monoisotopic (exact) mass is 445 g/mol. The van der Waals surface area contributed by atoms with Crippen molar-refractivity contribution in [3.05, 3.63) is 71.8 Å². The normalized spacial score (nSPS) is 18.4. The highest BCUT2D eigenvalue weighted by Gasteiger charge is 2.44. The molecule has 1 aliphatic rings. The lowest BCUT2D eigenvalue weighted by atomic mass is 9.69. The van der Waals surface area contributed by atoms with Crippen molar-refractivity contribution >= 4 is 22.5 Å². The quantitative estimate of drug-likeness (QED) is 0.497. The van der Waals surface area contributed by atoms with Gasteiger partial charge in [0.2, 0.25) is 5.88 Å². The molecule has 0 aliphatic heterocycles. The van der Waals surface area contributed by atoms with Gasteiger partial charge in [0, 0.05) is 36.3 Å². The first-order valence-electron chi connectivity index (χ1n) is 11.0. The molecule has 7 nitrogen and oxygen atoms in total. The predicted molar refractivity (Wildman–Crippen MR) is 125 cm³/mol. The zero-order valence-corrected chi connectivity index (χ0v) is 19.0. The third-order valence-electron chi connectivity index (χ3n) is 6.10. The van der Waals surface area contributed by atoms with Gasteiger partial charge in [-0.15, -0.1) is 0 Å². The number of rotatable bonds is 9. The lowest BCUT2D eigenvalue weighted by molar-refractivity contribution is -0.139. The van der Waals surface area contributed by atoms with E-state index in [2.05, 4.69) is 15.3 Å². The number of pyridine rings is 2. The van der Waals surface area contributed by atoms with Crippen molar-refractivity contribution in [2.24, 2.45) is 5.41 Å².